The average Bonchev–Trinajstić information content (AvgIpc) is 2.76. The Balaban J connectivity index is 1.80. The van der Waals surface area contributed by atoms with Crippen molar-refractivity contribution in [3.63, 3.8) is 0 Å². The molecule has 2 atom stereocenters. The van der Waals surface area contributed by atoms with Crippen molar-refractivity contribution < 1.29 is 0 Å². The molecule has 1 aliphatic carbocycles. The van der Waals surface area contributed by atoms with Crippen LogP contribution in [0.2, 0.25) is 0 Å². The first-order valence-corrected chi connectivity index (χ1v) is 7.16. The largest absolute Gasteiger partial charge is 0.324 e. The minimum absolute atomic E-state index is 0.272. The van der Waals surface area contributed by atoms with Crippen LogP contribution in [-0.4, -0.2) is 24.5 Å². The quantitative estimate of drug-likeness (QED) is 0.867. The van der Waals surface area contributed by atoms with E-state index in [0.717, 1.165) is 19.5 Å². The minimum Gasteiger partial charge on any atom is -0.324 e. The molecule has 1 heterocycles. The number of rotatable bonds is 4. The van der Waals surface area contributed by atoms with Gasteiger partial charge in [-0.2, -0.15) is 0 Å². The van der Waals surface area contributed by atoms with Gasteiger partial charge in [-0.15, -0.1) is 11.3 Å². The summed E-state index contributed by atoms with van der Waals surface area (Å²) in [6.45, 7) is 2.12. The summed E-state index contributed by atoms with van der Waals surface area (Å²) in [6, 6.07) is 2.46. The van der Waals surface area contributed by atoms with E-state index in [-0.39, 0.29) is 6.04 Å². The van der Waals surface area contributed by atoms with E-state index in [9.17, 15) is 0 Å². The minimum atomic E-state index is 0.272. The van der Waals surface area contributed by atoms with Gasteiger partial charge < -0.3 is 10.6 Å². The van der Waals surface area contributed by atoms with Crippen LogP contribution in [0.15, 0.2) is 28.1 Å². The molecule has 0 saturated heterocycles. The fourth-order valence-electron chi connectivity index (χ4n) is 2.11. The van der Waals surface area contributed by atoms with Gasteiger partial charge in [-0.3, -0.25) is 0 Å². The summed E-state index contributed by atoms with van der Waals surface area (Å²) in [7, 11) is 2.17. The van der Waals surface area contributed by atoms with Crippen molar-refractivity contribution in [3.8, 4) is 0 Å². The first kappa shape index (κ1) is 12.3. The van der Waals surface area contributed by atoms with Gasteiger partial charge in [0.15, 0.2) is 0 Å². The molecule has 0 aromatic carbocycles. The van der Waals surface area contributed by atoms with Gasteiger partial charge in [0.1, 0.15) is 0 Å². The first-order chi connectivity index (χ1) is 7.63. The van der Waals surface area contributed by atoms with Crippen LogP contribution >= 0.6 is 27.3 Å². The van der Waals surface area contributed by atoms with Crippen molar-refractivity contribution in [2.75, 3.05) is 13.6 Å². The molecule has 2 N–H and O–H groups in total. The predicted octanol–water partition coefficient (Wildman–Crippen LogP) is 2.85. The molecule has 16 heavy (non-hydrogen) atoms. The molecule has 0 amide bonds. The molecule has 1 aromatic rings. The SMILES string of the molecule is CN(Cc1cc(Br)cs1)CC1C=CC(N)C1. The Morgan fingerprint density at radius 1 is 1.56 bits per heavy atom. The van der Waals surface area contributed by atoms with Crippen LogP contribution in [0, 0.1) is 5.92 Å². The highest BCUT2D eigenvalue weighted by molar-refractivity contribution is 9.10. The predicted molar refractivity (Wildman–Crippen MR) is 73.6 cm³/mol. The normalized spacial score (nSPS) is 24.5. The van der Waals surface area contributed by atoms with Gasteiger partial charge in [-0.05, 0) is 41.4 Å². The van der Waals surface area contributed by atoms with Crippen LogP contribution in [0.1, 0.15) is 11.3 Å². The van der Waals surface area contributed by atoms with Crippen LogP contribution < -0.4 is 5.73 Å². The Morgan fingerprint density at radius 3 is 2.94 bits per heavy atom. The van der Waals surface area contributed by atoms with E-state index in [4.69, 9.17) is 5.73 Å². The molecular formula is C12H17BrN2S. The summed E-state index contributed by atoms with van der Waals surface area (Å²) < 4.78 is 1.18. The molecular weight excluding hydrogens is 284 g/mol. The zero-order chi connectivity index (χ0) is 11.5. The lowest BCUT2D eigenvalue weighted by Crippen LogP contribution is -2.25. The molecule has 0 saturated carbocycles. The monoisotopic (exact) mass is 300 g/mol. The van der Waals surface area contributed by atoms with Crippen LogP contribution in [0.4, 0.5) is 0 Å². The van der Waals surface area contributed by atoms with Crippen LogP contribution in [0.25, 0.3) is 0 Å². The molecule has 0 spiro atoms. The molecule has 0 aliphatic heterocycles. The smallest absolute Gasteiger partial charge is 0.0325 e. The maximum absolute atomic E-state index is 5.85. The number of halogens is 1. The maximum atomic E-state index is 5.85. The van der Waals surface area contributed by atoms with Crippen molar-refractivity contribution in [2.24, 2.45) is 11.7 Å². The highest BCUT2D eigenvalue weighted by Gasteiger charge is 2.17. The van der Waals surface area contributed by atoms with Crippen molar-refractivity contribution in [3.05, 3.63) is 32.9 Å². The Labute approximate surface area is 109 Å². The summed E-state index contributed by atoms with van der Waals surface area (Å²) in [5.74, 6) is 0.628. The number of hydrogen-bond donors (Lipinski definition) is 1. The van der Waals surface area contributed by atoms with Gasteiger partial charge >= 0.3 is 0 Å². The van der Waals surface area contributed by atoms with E-state index < -0.39 is 0 Å². The lowest BCUT2D eigenvalue weighted by Gasteiger charge is -2.19. The highest BCUT2D eigenvalue weighted by atomic mass is 79.9. The van der Waals surface area contributed by atoms with Gasteiger partial charge in [-0.1, -0.05) is 12.2 Å². The molecule has 0 fully saturated rings. The van der Waals surface area contributed by atoms with E-state index in [2.05, 4.69) is 51.5 Å². The second-order valence-electron chi connectivity index (χ2n) is 4.47. The lowest BCUT2D eigenvalue weighted by molar-refractivity contribution is 0.291. The zero-order valence-corrected chi connectivity index (χ0v) is 11.8. The summed E-state index contributed by atoms with van der Waals surface area (Å²) in [6.07, 6.45) is 5.48. The Hall–Kier alpha value is -0.160. The van der Waals surface area contributed by atoms with Gasteiger partial charge in [-0.25, -0.2) is 0 Å². The van der Waals surface area contributed by atoms with Gasteiger partial charge in [0.2, 0.25) is 0 Å². The van der Waals surface area contributed by atoms with E-state index in [1.807, 2.05) is 0 Å². The summed E-state index contributed by atoms with van der Waals surface area (Å²) in [5.41, 5.74) is 5.85. The van der Waals surface area contributed by atoms with Gasteiger partial charge in [0, 0.05) is 33.9 Å². The number of thiophene rings is 1. The van der Waals surface area contributed by atoms with Crippen LogP contribution in [0.5, 0.6) is 0 Å². The van der Waals surface area contributed by atoms with Crippen LogP contribution in [-0.2, 0) is 6.54 Å². The molecule has 2 unspecified atom stereocenters. The topological polar surface area (TPSA) is 29.3 Å². The molecule has 1 aliphatic rings. The van der Waals surface area contributed by atoms with Crippen molar-refractivity contribution in [1.29, 1.82) is 0 Å². The van der Waals surface area contributed by atoms with Gasteiger partial charge in [0.25, 0.3) is 0 Å². The number of nitrogens with two attached hydrogens (primary N) is 1. The number of hydrogen-bond acceptors (Lipinski definition) is 3. The fourth-order valence-corrected chi connectivity index (χ4v) is 3.64. The van der Waals surface area contributed by atoms with Crippen LogP contribution in [0.3, 0.4) is 0 Å². The molecule has 4 heteroatoms. The first-order valence-electron chi connectivity index (χ1n) is 5.49. The number of nitrogens with zero attached hydrogens (tertiary/aromatic N) is 1. The Morgan fingerprint density at radius 2 is 2.38 bits per heavy atom. The maximum Gasteiger partial charge on any atom is 0.0325 e. The third kappa shape index (κ3) is 3.42. The second-order valence-corrected chi connectivity index (χ2v) is 6.38. The zero-order valence-electron chi connectivity index (χ0n) is 9.40. The highest BCUT2D eigenvalue weighted by Crippen LogP contribution is 2.22. The summed E-state index contributed by atoms with van der Waals surface area (Å²) in [5, 5.41) is 2.13. The molecule has 2 nitrogen and oxygen atoms in total. The third-order valence-corrected chi connectivity index (χ3v) is 4.48. The van der Waals surface area contributed by atoms with Crippen molar-refractivity contribution >= 4 is 27.3 Å². The molecule has 88 valence electrons. The lowest BCUT2D eigenvalue weighted by atomic mass is 10.1. The second kappa shape index (κ2) is 5.45. The van der Waals surface area contributed by atoms with Crippen molar-refractivity contribution in [1.82, 2.24) is 4.90 Å². The van der Waals surface area contributed by atoms with Gasteiger partial charge in [0.05, 0.1) is 0 Å². The molecule has 0 bridgehead atoms. The fraction of sp³-hybridized carbons (Fsp3) is 0.500. The van der Waals surface area contributed by atoms with E-state index in [1.165, 1.54) is 9.35 Å². The Kier molecular flexibility index (Phi) is 4.19. The van der Waals surface area contributed by atoms with Crippen molar-refractivity contribution in [2.45, 2.75) is 19.0 Å². The summed E-state index contributed by atoms with van der Waals surface area (Å²) >= 11 is 5.29. The molecule has 1 aromatic heterocycles. The Bertz CT molecular complexity index is 375. The van der Waals surface area contributed by atoms with E-state index in [1.54, 1.807) is 11.3 Å². The van der Waals surface area contributed by atoms with E-state index >= 15 is 0 Å². The average molecular weight is 301 g/mol. The third-order valence-electron chi connectivity index (χ3n) is 2.80. The standard InChI is InChI=1S/C12H17BrN2S/c1-15(6-9-2-3-11(14)4-9)7-12-5-10(13)8-16-12/h2-3,5,8-9,11H,4,6-7,14H2,1H3. The summed E-state index contributed by atoms with van der Waals surface area (Å²) in [4.78, 5) is 3.77. The molecule has 0 radical (unpaired) electrons. The van der Waals surface area contributed by atoms with E-state index in [0.29, 0.717) is 5.92 Å². The molecule has 2 rings (SSSR count).